The Labute approximate surface area is 290 Å². The molecule has 1 aliphatic carbocycles. The van der Waals surface area contributed by atoms with Gasteiger partial charge in [0.2, 0.25) is 17.7 Å². The lowest BCUT2D eigenvalue weighted by atomic mass is 9.82. The quantitative estimate of drug-likeness (QED) is 0.156. The third kappa shape index (κ3) is 7.55. The van der Waals surface area contributed by atoms with E-state index in [9.17, 15) is 4.79 Å². The number of nitrogens with zero attached hydrogens (tertiary/aromatic N) is 4. The maximum Gasteiger partial charge on any atom is 0.237 e. The van der Waals surface area contributed by atoms with E-state index in [-0.39, 0.29) is 11.9 Å². The summed E-state index contributed by atoms with van der Waals surface area (Å²) in [4.78, 5) is 30.3. The highest BCUT2D eigenvalue weighted by atomic mass is 35.5. The monoisotopic (exact) mass is 691 g/mol. The highest BCUT2D eigenvalue weighted by Crippen LogP contribution is 2.42. The smallest absolute Gasteiger partial charge is 0.237 e. The molecule has 2 aromatic carbocycles. The van der Waals surface area contributed by atoms with Crippen molar-refractivity contribution in [1.82, 2.24) is 35.9 Å². The van der Waals surface area contributed by atoms with Gasteiger partial charge in [0.15, 0.2) is 0 Å². The second-order valence-corrected chi connectivity index (χ2v) is 12.8. The summed E-state index contributed by atoms with van der Waals surface area (Å²) < 4.78 is 16.6. The standard InChI is InChI=1S/C35H39Cl2N7O4/c1-46-22-12-20(13-22)14-38-16-29-34(47-2)43-27(18-40-29)25-8-4-6-23(32(25)36)24-7-5-9-26(33(24)37)28-19-41-30(35(44-28)48-3)17-39-15-21-10-11-31(45)42-21/h4-9,18-22,38-39H,10-17H2,1-3H3,(H,42,45)/t20-,21-,22+/m0/s1. The summed E-state index contributed by atoms with van der Waals surface area (Å²) in [5.74, 6) is 1.53. The van der Waals surface area contributed by atoms with Crippen LogP contribution in [-0.4, -0.2) is 72.4 Å². The maximum absolute atomic E-state index is 11.5. The number of carbonyl (C=O) groups is 1. The van der Waals surface area contributed by atoms with E-state index in [0.717, 1.165) is 42.6 Å². The summed E-state index contributed by atoms with van der Waals surface area (Å²) in [7, 11) is 4.91. The van der Waals surface area contributed by atoms with E-state index < -0.39 is 0 Å². The minimum atomic E-state index is 0.0861. The average Bonchev–Trinajstić information content (AvgIpc) is 3.51. The second-order valence-electron chi connectivity index (χ2n) is 12.0. The number of hydrogen-bond donors (Lipinski definition) is 3. The molecule has 0 radical (unpaired) electrons. The molecule has 0 unspecified atom stereocenters. The Hall–Kier alpha value is -3.87. The lowest BCUT2D eigenvalue weighted by Crippen LogP contribution is -2.37. The van der Waals surface area contributed by atoms with E-state index in [4.69, 9.17) is 47.4 Å². The van der Waals surface area contributed by atoms with Crippen molar-refractivity contribution in [2.75, 3.05) is 34.4 Å². The number of carbonyl (C=O) groups excluding carboxylic acids is 1. The number of ether oxygens (including phenoxy) is 3. The molecule has 1 aliphatic heterocycles. The molecule has 1 saturated heterocycles. The predicted octanol–water partition coefficient (Wildman–Crippen LogP) is 5.47. The molecular weight excluding hydrogens is 653 g/mol. The summed E-state index contributed by atoms with van der Waals surface area (Å²) in [6.07, 6.45) is 7.29. The SMILES string of the molecule is COc1nc(-c2cccc(-c3cccc(-c4cnc(CNC[C@H]5C[C@@H](OC)C5)c(OC)n4)c3Cl)c2Cl)cnc1CNC[C@@H]1CCC(=O)N1. The Bertz CT molecular complexity index is 1770. The number of rotatable bonds is 14. The Morgan fingerprint density at radius 2 is 1.31 bits per heavy atom. The topological polar surface area (TPSA) is 132 Å². The van der Waals surface area contributed by atoms with Crippen LogP contribution in [-0.2, 0) is 22.6 Å². The van der Waals surface area contributed by atoms with Crippen LogP contribution in [0.1, 0.15) is 37.1 Å². The van der Waals surface area contributed by atoms with Gasteiger partial charge in [-0.15, -0.1) is 0 Å². The third-order valence-corrected chi connectivity index (χ3v) is 9.68. The molecular formula is C35H39Cl2N7O4. The lowest BCUT2D eigenvalue weighted by molar-refractivity contribution is -0.119. The summed E-state index contributed by atoms with van der Waals surface area (Å²) >= 11 is 14.1. The van der Waals surface area contributed by atoms with Crippen molar-refractivity contribution >= 4 is 29.1 Å². The number of benzene rings is 2. The third-order valence-electron chi connectivity index (χ3n) is 8.87. The van der Waals surface area contributed by atoms with Crippen LogP contribution in [0.2, 0.25) is 10.0 Å². The fraction of sp³-hybridized carbons (Fsp3) is 0.400. The zero-order valence-corrected chi connectivity index (χ0v) is 28.7. The minimum Gasteiger partial charge on any atom is -0.480 e. The van der Waals surface area contributed by atoms with Crippen LogP contribution in [0, 0.1) is 5.92 Å². The zero-order valence-electron chi connectivity index (χ0n) is 27.2. The van der Waals surface area contributed by atoms with E-state index in [2.05, 4.69) is 25.9 Å². The highest BCUT2D eigenvalue weighted by molar-refractivity contribution is 6.39. The number of hydrogen-bond acceptors (Lipinski definition) is 10. The number of nitrogens with one attached hydrogen (secondary N) is 3. The van der Waals surface area contributed by atoms with Crippen LogP contribution in [0.3, 0.4) is 0 Å². The normalized spacial score (nSPS) is 18.8. The van der Waals surface area contributed by atoms with Gasteiger partial charge in [0, 0.05) is 61.5 Å². The van der Waals surface area contributed by atoms with Crippen LogP contribution >= 0.6 is 23.2 Å². The largest absolute Gasteiger partial charge is 0.480 e. The molecule has 1 amide bonds. The van der Waals surface area contributed by atoms with Gasteiger partial charge < -0.3 is 30.2 Å². The molecule has 11 nitrogen and oxygen atoms in total. The number of methoxy groups -OCH3 is 3. The minimum absolute atomic E-state index is 0.0861. The average molecular weight is 693 g/mol. The summed E-state index contributed by atoms with van der Waals surface area (Å²) in [5, 5.41) is 10.7. The van der Waals surface area contributed by atoms with E-state index in [1.54, 1.807) is 33.7 Å². The number of aromatic nitrogens is 4. The van der Waals surface area contributed by atoms with Gasteiger partial charge in [0.25, 0.3) is 0 Å². The molecule has 2 aromatic heterocycles. The van der Waals surface area contributed by atoms with Crippen LogP contribution in [0.5, 0.6) is 11.8 Å². The first-order valence-electron chi connectivity index (χ1n) is 16.0. The fourth-order valence-corrected chi connectivity index (χ4v) is 6.77. The van der Waals surface area contributed by atoms with Gasteiger partial charge >= 0.3 is 0 Å². The van der Waals surface area contributed by atoms with E-state index in [1.165, 1.54) is 0 Å². The summed E-state index contributed by atoms with van der Waals surface area (Å²) in [6.45, 7) is 2.52. The van der Waals surface area contributed by atoms with Crippen molar-refractivity contribution in [1.29, 1.82) is 0 Å². The van der Waals surface area contributed by atoms with Gasteiger partial charge in [-0.1, -0.05) is 59.6 Å². The van der Waals surface area contributed by atoms with Gasteiger partial charge in [0.05, 0.1) is 54.2 Å². The molecule has 6 rings (SSSR count). The van der Waals surface area contributed by atoms with Gasteiger partial charge in [-0.05, 0) is 31.7 Å². The van der Waals surface area contributed by atoms with Gasteiger partial charge in [-0.3, -0.25) is 14.8 Å². The molecule has 252 valence electrons. The molecule has 13 heteroatoms. The number of halogens is 2. The van der Waals surface area contributed by atoms with Crippen molar-refractivity contribution in [3.8, 4) is 45.4 Å². The molecule has 4 aromatic rings. The van der Waals surface area contributed by atoms with Crippen LogP contribution < -0.4 is 25.4 Å². The first kappa shape index (κ1) is 34.0. The van der Waals surface area contributed by atoms with Crippen molar-refractivity contribution < 1.29 is 19.0 Å². The fourth-order valence-electron chi connectivity index (χ4n) is 6.12. The van der Waals surface area contributed by atoms with Gasteiger partial charge in [-0.25, -0.2) is 9.97 Å². The molecule has 2 aliphatic rings. The Kier molecular flexibility index (Phi) is 11.0. The van der Waals surface area contributed by atoms with Gasteiger partial charge in [-0.2, -0.15) is 0 Å². The second kappa shape index (κ2) is 15.6. The zero-order chi connectivity index (χ0) is 33.6. The molecule has 0 bridgehead atoms. The van der Waals surface area contributed by atoms with Gasteiger partial charge in [0.1, 0.15) is 11.4 Å². The predicted molar refractivity (Wildman–Crippen MR) is 185 cm³/mol. The van der Waals surface area contributed by atoms with Crippen molar-refractivity contribution in [2.24, 2.45) is 5.92 Å². The van der Waals surface area contributed by atoms with E-state index >= 15 is 0 Å². The molecule has 48 heavy (non-hydrogen) atoms. The van der Waals surface area contributed by atoms with Crippen LogP contribution in [0.15, 0.2) is 48.8 Å². The maximum atomic E-state index is 11.5. The first-order chi connectivity index (χ1) is 23.4. The van der Waals surface area contributed by atoms with Crippen molar-refractivity contribution in [2.45, 2.75) is 50.9 Å². The molecule has 1 saturated carbocycles. The molecule has 3 heterocycles. The van der Waals surface area contributed by atoms with E-state index in [1.807, 2.05) is 36.4 Å². The molecule has 1 atom stereocenters. The molecule has 3 N–H and O–H groups in total. The molecule has 2 fully saturated rings. The Morgan fingerprint density at radius 3 is 1.79 bits per heavy atom. The number of amides is 1. The first-order valence-corrected chi connectivity index (χ1v) is 16.8. The lowest BCUT2D eigenvalue weighted by Gasteiger charge is -2.34. The Balaban J connectivity index is 1.19. The van der Waals surface area contributed by atoms with Crippen molar-refractivity contribution in [3.63, 3.8) is 0 Å². The molecule has 0 spiro atoms. The summed E-state index contributed by atoms with van der Waals surface area (Å²) in [5.41, 5.74) is 5.41. The van der Waals surface area contributed by atoms with E-state index in [0.29, 0.717) is 88.1 Å². The summed E-state index contributed by atoms with van der Waals surface area (Å²) in [6, 6.07) is 11.6. The Morgan fingerprint density at radius 1 is 0.792 bits per heavy atom. The highest BCUT2D eigenvalue weighted by Gasteiger charge is 2.28. The van der Waals surface area contributed by atoms with Crippen LogP contribution in [0.4, 0.5) is 0 Å². The van der Waals surface area contributed by atoms with Crippen molar-refractivity contribution in [3.05, 3.63) is 70.2 Å². The van der Waals surface area contributed by atoms with Crippen LogP contribution in [0.25, 0.3) is 33.6 Å².